The summed E-state index contributed by atoms with van der Waals surface area (Å²) < 4.78 is 12.0. The molecule has 0 bridgehead atoms. The van der Waals surface area contributed by atoms with Gasteiger partial charge in [-0.25, -0.2) is 4.98 Å². The molecule has 0 spiro atoms. The van der Waals surface area contributed by atoms with Gasteiger partial charge in [-0.2, -0.15) is 9.78 Å². The maximum absolute atomic E-state index is 12.9. The molecule has 1 aromatic carbocycles. The van der Waals surface area contributed by atoms with Crippen LogP contribution in [0.3, 0.4) is 0 Å². The number of anilines is 1. The molecule has 9 heteroatoms. The first-order valence-corrected chi connectivity index (χ1v) is 9.62. The summed E-state index contributed by atoms with van der Waals surface area (Å²) in [5.41, 5.74) is 2.17. The van der Waals surface area contributed by atoms with Crippen LogP contribution in [-0.2, 0) is 0 Å². The summed E-state index contributed by atoms with van der Waals surface area (Å²) in [5.74, 6) is 1.71. The van der Waals surface area contributed by atoms with Crippen molar-refractivity contribution in [2.45, 2.75) is 32.6 Å². The van der Waals surface area contributed by atoms with Gasteiger partial charge in [0.1, 0.15) is 5.82 Å². The molecule has 1 aliphatic carbocycles. The molecule has 156 valence electrons. The van der Waals surface area contributed by atoms with Crippen LogP contribution in [0.2, 0.25) is 0 Å². The Hall–Kier alpha value is -3.62. The standard InChI is InChI=1S/C21H23N5O4/c1-11-12(2)22-21(24-19(11)27)26-18(10-15(25-26)13-5-6-13)23-20(28)14-7-8-16(29-3)17(9-14)30-4/h7-10,13H,5-6H2,1-4H3,(H,23,28)(H,22,24,27). The SMILES string of the molecule is COc1ccc(C(=O)Nc2cc(C3CC3)nn2-c2nc(C)c(C)c(=O)[nH]2)cc1OC. The van der Waals surface area contributed by atoms with Crippen molar-refractivity contribution in [2.75, 3.05) is 19.5 Å². The highest BCUT2D eigenvalue weighted by Crippen LogP contribution is 2.40. The van der Waals surface area contributed by atoms with Crippen molar-refractivity contribution in [3.05, 3.63) is 57.1 Å². The fourth-order valence-electron chi connectivity index (χ4n) is 3.13. The van der Waals surface area contributed by atoms with Gasteiger partial charge in [-0.3, -0.25) is 14.6 Å². The molecule has 1 aliphatic rings. The van der Waals surface area contributed by atoms with E-state index in [4.69, 9.17) is 9.47 Å². The summed E-state index contributed by atoms with van der Waals surface area (Å²) in [4.78, 5) is 32.3. The lowest BCUT2D eigenvalue weighted by Crippen LogP contribution is -2.21. The molecular weight excluding hydrogens is 386 g/mol. The first-order valence-electron chi connectivity index (χ1n) is 9.62. The number of nitrogens with one attached hydrogen (secondary N) is 2. The molecule has 0 radical (unpaired) electrons. The van der Waals surface area contributed by atoms with Crippen LogP contribution in [0.5, 0.6) is 11.5 Å². The number of hydrogen-bond donors (Lipinski definition) is 2. The Kier molecular flexibility index (Phi) is 5.03. The zero-order valence-corrected chi connectivity index (χ0v) is 17.3. The fraction of sp³-hybridized carbons (Fsp3) is 0.333. The Morgan fingerprint density at radius 3 is 2.53 bits per heavy atom. The molecule has 3 aromatic rings. The van der Waals surface area contributed by atoms with Gasteiger partial charge in [0.25, 0.3) is 11.5 Å². The molecule has 0 unspecified atom stereocenters. The number of amides is 1. The van der Waals surface area contributed by atoms with Gasteiger partial charge in [-0.15, -0.1) is 0 Å². The van der Waals surface area contributed by atoms with Crippen LogP contribution in [-0.4, -0.2) is 39.9 Å². The van der Waals surface area contributed by atoms with E-state index in [0.717, 1.165) is 18.5 Å². The van der Waals surface area contributed by atoms with E-state index < -0.39 is 0 Å². The summed E-state index contributed by atoms with van der Waals surface area (Å²) in [6, 6.07) is 6.75. The minimum atomic E-state index is -0.342. The van der Waals surface area contributed by atoms with Crippen LogP contribution >= 0.6 is 0 Å². The summed E-state index contributed by atoms with van der Waals surface area (Å²) in [7, 11) is 3.05. The number of H-pyrrole nitrogens is 1. The van der Waals surface area contributed by atoms with E-state index in [1.165, 1.54) is 18.9 Å². The molecule has 30 heavy (non-hydrogen) atoms. The molecule has 1 saturated carbocycles. The first-order chi connectivity index (χ1) is 14.4. The van der Waals surface area contributed by atoms with Gasteiger partial charge in [0, 0.05) is 28.8 Å². The number of carbonyl (C=O) groups excluding carboxylic acids is 1. The van der Waals surface area contributed by atoms with E-state index >= 15 is 0 Å². The van der Waals surface area contributed by atoms with Gasteiger partial charge in [0.2, 0.25) is 5.95 Å². The lowest BCUT2D eigenvalue weighted by Gasteiger charge is -2.11. The molecule has 1 amide bonds. The van der Waals surface area contributed by atoms with Gasteiger partial charge in [0.05, 0.1) is 19.9 Å². The van der Waals surface area contributed by atoms with Crippen molar-refractivity contribution < 1.29 is 14.3 Å². The molecule has 0 saturated heterocycles. The number of ether oxygens (including phenoxy) is 2. The fourth-order valence-corrected chi connectivity index (χ4v) is 3.13. The third kappa shape index (κ3) is 3.66. The number of aromatic nitrogens is 4. The Morgan fingerprint density at radius 2 is 1.90 bits per heavy atom. The molecule has 2 N–H and O–H groups in total. The molecule has 2 aromatic heterocycles. The number of nitrogens with zero attached hydrogens (tertiary/aromatic N) is 3. The highest BCUT2D eigenvalue weighted by atomic mass is 16.5. The molecule has 1 fully saturated rings. The third-order valence-electron chi connectivity index (χ3n) is 5.19. The molecule has 4 rings (SSSR count). The first kappa shape index (κ1) is 19.7. The van der Waals surface area contributed by atoms with Gasteiger partial charge < -0.3 is 14.8 Å². The van der Waals surface area contributed by atoms with Gasteiger partial charge in [0.15, 0.2) is 11.5 Å². The van der Waals surface area contributed by atoms with Crippen LogP contribution in [0.25, 0.3) is 5.95 Å². The number of methoxy groups -OCH3 is 2. The predicted molar refractivity (Wildman–Crippen MR) is 111 cm³/mol. The zero-order chi connectivity index (χ0) is 21.4. The summed E-state index contributed by atoms with van der Waals surface area (Å²) in [6.45, 7) is 3.48. The largest absolute Gasteiger partial charge is 0.493 e. The third-order valence-corrected chi connectivity index (χ3v) is 5.19. The minimum absolute atomic E-state index is 0.238. The highest BCUT2D eigenvalue weighted by Gasteiger charge is 2.28. The molecular formula is C21H23N5O4. The average Bonchev–Trinajstić information content (AvgIpc) is 3.51. The second kappa shape index (κ2) is 7.66. The lowest BCUT2D eigenvalue weighted by molar-refractivity contribution is 0.102. The quantitative estimate of drug-likeness (QED) is 0.648. The highest BCUT2D eigenvalue weighted by molar-refractivity contribution is 6.04. The Balaban J connectivity index is 1.71. The summed E-state index contributed by atoms with van der Waals surface area (Å²) in [6.07, 6.45) is 2.11. The van der Waals surface area contributed by atoms with Gasteiger partial charge in [-0.05, 0) is 44.9 Å². The number of rotatable bonds is 6. The minimum Gasteiger partial charge on any atom is -0.493 e. The predicted octanol–water partition coefficient (Wildman–Crippen LogP) is 2.72. The number of hydrogen-bond acceptors (Lipinski definition) is 6. The van der Waals surface area contributed by atoms with Crippen LogP contribution in [0, 0.1) is 13.8 Å². The van der Waals surface area contributed by atoms with E-state index in [0.29, 0.717) is 40.1 Å². The summed E-state index contributed by atoms with van der Waals surface area (Å²) in [5, 5.41) is 7.46. The number of aryl methyl sites for hydroxylation is 1. The topological polar surface area (TPSA) is 111 Å². The molecule has 9 nitrogen and oxygen atoms in total. The van der Waals surface area contributed by atoms with Crippen molar-refractivity contribution in [2.24, 2.45) is 0 Å². The van der Waals surface area contributed by atoms with Crippen molar-refractivity contribution in [3.8, 4) is 17.4 Å². The Labute approximate surface area is 173 Å². The van der Waals surface area contributed by atoms with Crippen molar-refractivity contribution in [1.29, 1.82) is 0 Å². The zero-order valence-electron chi connectivity index (χ0n) is 17.3. The van der Waals surface area contributed by atoms with E-state index in [1.54, 1.807) is 32.0 Å². The molecule has 0 atom stereocenters. The Bertz CT molecular complexity index is 1180. The van der Waals surface area contributed by atoms with Gasteiger partial charge in [-0.1, -0.05) is 0 Å². The van der Waals surface area contributed by atoms with Crippen LogP contribution in [0.15, 0.2) is 29.1 Å². The Morgan fingerprint density at radius 1 is 1.17 bits per heavy atom. The second-order valence-electron chi connectivity index (χ2n) is 7.26. The maximum atomic E-state index is 12.9. The maximum Gasteiger partial charge on any atom is 0.256 e. The second-order valence-corrected chi connectivity index (χ2v) is 7.26. The van der Waals surface area contributed by atoms with E-state index in [2.05, 4.69) is 20.4 Å². The smallest absolute Gasteiger partial charge is 0.256 e. The molecule has 2 heterocycles. The number of aromatic amines is 1. The van der Waals surface area contributed by atoms with Crippen molar-refractivity contribution in [1.82, 2.24) is 19.7 Å². The molecule has 0 aliphatic heterocycles. The van der Waals surface area contributed by atoms with Crippen LogP contribution in [0.4, 0.5) is 5.82 Å². The normalized spacial score (nSPS) is 13.2. The number of carbonyl (C=O) groups is 1. The van der Waals surface area contributed by atoms with Crippen LogP contribution in [0.1, 0.15) is 46.1 Å². The monoisotopic (exact) mass is 409 g/mol. The lowest BCUT2D eigenvalue weighted by atomic mass is 10.2. The van der Waals surface area contributed by atoms with E-state index in [-0.39, 0.29) is 17.4 Å². The van der Waals surface area contributed by atoms with Crippen LogP contribution < -0.4 is 20.3 Å². The average molecular weight is 409 g/mol. The van der Waals surface area contributed by atoms with Crippen molar-refractivity contribution in [3.63, 3.8) is 0 Å². The van der Waals surface area contributed by atoms with E-state index in [1.807, 2.05) is 6.07 Å². The number of benzene rings is 1. The van der Waals surface area contributed by atoms with Gasteiger partial charge >= 0.3 is 0 Å². The van der Waals surface area contributed by atoms with Crippen molar-refractivity contribution >= 4 is 11.7 Å². The van der Waals surface area contributed by atoms with E-state index in [9.17, 15) is 9.59 Å². The summed E-state index contributed by atoms with van der Waals surface area (Å²) >= 11 is 0.